The molecule has 0 spiro atoms. The van der Waals surface area contributed by atoms with Crippen LogP contribution in [0.5, 0.6) is 0 Å². The van der Waals surface area contributed by atoms with Crippen LogP contribution in [0.15, 0.2) is 28.4 Å². The van der Waals surface area contributed by atoms with Crippen LogP contribution in [-0.2, 0) is 10.0 Å². The third kappa shape index (κ3) is 7.54. The fraction of sp³-hybridized carbons (Fsp3) is 0.636. The summed E-state index contributed by atoms with van der Waals surface area (Å²) in [6.07, 6.45) is 2.83. The maximum absolute atomic E-state index is 14.2. The van der Waals surface area contributed by atoms with Crippen molar-refractivity contribution in [3.05, 3.63) is 28.3 Å². The molecule has 2 heterocycles. The Bertz CT molecular complexity index is 1060. The Hall–Kier alpha value is -1.92. The number of alkyl halides is 3. The quantitative estimate of drug-likeness (QED) is 0.293. The summed E-state index contributed by atoms with van der Waals surface area (Å²) in [7, 11) is -3.25. The van der Waals surface area contributed by atoms with Gasteiger partial charge >= 0.3 is 6.18 Å². The van der Waals surface area contributed by atoms with E-state index in [0.717, 1.165) is 30.3 Å². The molecule has 1 aromatic heterocycles. The number of hydrogen-bond donors (Lipinski definition) is 2. The summed E-state index contributed by atoms with van der Waals surface area (Å²) in [5.74, 6) is 0.349. The molecular formula is C22H32F3N5O2S2. The zero-order valence-corrected chi connectivity index (χ0v) is 21.5. The number of aliphatic imine (C=N–C) groups is 1. The summed E-state index contributed by atoms with van der Waals surface area (Å²) in [4.78, 5) is 9.01. The van der Waals surface area contributed by atoms with E-state index in [2.05, 4.69) is 20.6 Å². The minimum atomic E-state index is -4.59. The number of thiazole rings is 1. The lowest BCUT2D eigenvalue weighted by molar-refractivity contribution is -0.0877. The highest BCUT2D eigenvalue weighted by Gasteiger charge is 2.36. The van der Waals surface area contributed by atoms with Gasteiger partial charge in [0.1, 0.15) is 0 Å². The molecule has 0 atom stereocenters. The van der Waals surface area contributed by atoms with E-state index in [4.69, 9.17) is 0 Å². The summed E-state index contributed by atoms with van der Waals surface area (Å²) < 4.78 is 67.3. The fourth-order valence-electron chi connectivity index (χ4n) is 3.56. The van der Waals surface area contributed by atoms with Gasteiger partial charge in [-0.2, -0.15) is 13.2 Å². The van der Waals surface area contributed by atoms with Crippen molar-refractivity contribution in [3.63, 3.8) is 0 Å². The molecule has 2 fully saturated rings. The van der Waals surface area contributed by atoms with Gasteiger partial charge in [0, 0.05) is 31.4 Å². The largest absolute Gasteiger partial charge is 0.418 e. The van der Waals surface area contributed by atoms with E-state index in [1.807, 2.05) is 6.92 Å². The first-order valence-corrected chi connectivity index (χ1v) is 14.0. The molecule has 34 heavy (non-hydrogen) atoms. The Labute approximate surface area is 203 Å². The normalized spacial score (nSPS) is 20.3. The Morgan fingerprint density at radius 1 is 1.24 bits per heavy atom. The maximum Gasteiger partial charge on any atom is 0.418 e. The van der Waals surface area contributed by atoms with E-state index in [1.54, 1.807) is 13.8 Å². The predicted molar refractivity (Wildman–Crippen MR) is 131 cm³/mol. The first-order valence-electron chi connectivity index (χ1n) is 11.3. The molecule has 1 aliphatic heterocycles. The highest BCUT2D eigenvalue weighted by molar-refractivity contribution is 7.88. The second-order valence-corrected chi connectivity index (χ2v) is 11.8. The Kier molecular flexibility index (Phi) is 8.46. The fourth-order valence-corrected chi connectivity index (χ4v) is 5.33. The van der Waals surface area contributed by atoms with Crippen molar-refractivity contribution in [1.29, 1.82) is 0 Å². The second kappa shape index (κ2) is 10.8. The van der Waals surface area contributed by atoms with E-state index in [-0.39, 0.29) is 11.7 Å². The number of anilines is 1. The van der Waals surface area contributed by atoms with Gasteiger partial charge in [-0.3, -0.25) is 0 Å². The van der Waals surface area contributed by atoms with Crippen LogP contribution in [0.1, 0.15) is 57.8 Å². The van der Waals surface area contributed by atoms with Gasteiger partial charge in [-0.1, -0.05) is 23.8 Å². The first-order chi connectivity index (χ1) is 15.9. The molecule has 1 saturated heterocycles. The Morgan fingerprint density at radius 2 is 1.88 bits per heavy atom. The average Bonchev–Trinajstić information content (AvgIpc) is 3.44. The van der Waals surface area contributed by atoms with E-state index < -0.39 is 21.8 Å². The second-order valence-electron chi connectivity index (χ2n) is 8.83. The summed E-state index contributed by atoms with van der Waals surface area (Å²) in [5, 5.41) is 7.00. The molecule has 1 aromatic rings. The van der Waals surface area contributed by atoms with Gasteiger partial charge in [0.25, 0.3) is 0 Å². The van der Waals surface area contributed by atoms with Crippen molar-refractivity contribution >= 4 is 38.0 Å². The molecule has 1 aliphatic carbocycles. The molecule has 0 unspecified atom stereocenters. The van der Waals surface area contributed by atoms with Gasteiger partial charge in [0.15, 0.2) is 5.13 Å². The van der Waals surface area contributed by atoms with Gasteiger partial charge in [-0.25, -0.2) is 22.7 Å². The van der Waals surface area contributed by atoms with Crippen LogP contribution in [0.25, 0.3) is 5.70 Å². The number of amidine groups is 1. The van der Waals surface area contributed by atoms with Crippen LogP contribution in [-0.4, -0.2) is 61.1 Å². The molecule has 3 rings (SSSR count). The molecule has 190 valence electrons. The van der Waals surface area contributed by atoms with Crippen molar-refractivity contribution in [2.75, 3.05) is 24.7 Å². The average molecular weight is 520 g/mol. The number of piperidine rings is 1. The smallest absolute Gasteiger partial charge is 0.371 e. The number of halogens is 3. The topological polar surface area (TPSA) is 86.7 Å². The molecular weight excluding hydrogens is 487 g/mol. The number of nitrogens with zero attached hydrogens (tertiary/aromatic N) is 3. The molecule has 0 amide bonds. The maximum atomic E-state index is 14.2. The van der Waals surface area contributed by atoms with E-state index in [1.165, 1.54) is 16.8 Å². The number of nitrogens with one attached hydrogen (secondary N) is 2. The van der Waals surface area contributed by atoms with Crippen LogP contribution >= 0.6 is 11.3 Å². The summed E-state index contributed by atoms with van der Waals surface area (Å²) in [6.45, 7) is 5.84. The van der Waals surface area contributed by atoms with Gasteiger partial charge in [0.05, 0.1) is 28.2 Å². The minimum Gasteiger partial charge on any atom is -0.371 e. The highest BCUT2D eigenvalue weighted by atomic mass is 32.2. The number of hydrogen-bond acceptors (Lipinski definition) is 6. The Balaban J connectivity index is 1.91. The highest BCUT2D eigenvalue weighted by Crippen LogP contribution is 2.38. The minimum absolute atomic E-state index is 0.0705. The Morgan fingerprint density at radius 3 is 2.41 bits per heavy atom. The van der Waals surface area contributed by atoms with Gasteiger partial charge < -0.3 is 10.6 Å². The van der Waals surface area contributed by atoms with Crippen molar-refractivity contribution in [1.82, 2.24) is 14.6 Å². The zero-order valence-electron chi connectivity index (χ0n) is 19.9. The van der Waals surface area contributed by atoms with Crippen molar-refractivity contribution in [2.45, 2.75) is 71.1 Å². The first kappa shape index (κ1) is 26.7. The van der Waals surface area contributed by atoms with Crippen LogP contribution in [0.2, 0.25) is 0 Å². The van der Waals surface area contributed by atoms with Gasteiger partial charge in [-0.05, 0) is 52.0 Å². The van der Waals surface area contributed by atoms with Crippen molar-refractivity contribution in [2.24, 2.45) is 4.99 Å². The molecule has 0 radical (unpaired) electrons. The van der Waals surface area contributed by atoms with Crippen molar-refractivity contribution in [3.8, 4) is 0 Å². The molecule has 12 heteroatoms. The predicted octanol–water partition coefficient (Wildman–Crippen LogP) is 4.78. The van der Waals surface area contributed by atoms with Crippen LogP contribution in [0.4, 0.5) is 18.3 Å². The SMILES string of the molecule is CC\C(C)=C/C(=C(\N=C(/C)NC1CCN(S(C)(=O)=O)CC1)c1cnc(NC2CC2)s1)C(F)(F)F. The summed E-state index contributed by atoms with van der Waals surface area (Å²) in [5.41, 5.74) is -0.374. The lowest BCUT2D eigenvalue weighted by Crippen LogP contribution is -2.45. The van der Waals surface area contributed by atoms with Crippen LogP contribution < -0.4 is 10.6 Å². The molecule has 0 bridgehead atoms. The number of allylic oxidation sites excluding steroid dienone is 3. The number of sulfonamides is 1. The van der Waals surface area contributed by atoms with Crippen LogP contribution in [0.3, 0.4) is 0 Å². The molecule has 1 saturated carbocycles. The van der Waals surface area contributed by atoms with Gasteiger partial charge in [-0.15, -0.1) is 0 Å². The third-order valence-electron chi connectivity index (χ3n) is 5.77. The zero-order chi connectivity index (χ0) is 25.1. The van der Waals surface area contributed by atoms with E-state index in [0.29, 0.717) is 59.8 Å². The molecule has 0 aromatic carbocycles. The summed E-state index contributed by atoms with van der Waals surface area (Å²) in [6, 6.07) is 0.263. The number of aromatic nitrogens is 1. The monoisotopic (exact) mass is 519 g/mol. The lowest BCUT2D eigenvalue weighted by Gasteiger charge is -2.31. The molecule has 7 nitrogen and oxygen atoms in total. The summed E-state index contributed by atoms with van der Waals surface area (Å²) >= 11 is 1.16. The van der Waals surface area contributed by atoms with Crippen LogP contribution in [0, 0.1) is 0 Å². The van der Waals surface area contributed by atoms with E-state index in [9.17, 15) is 21.6 Å². The lowest BCUT2D eigenvalue weighted by atomic mass is 10.1. The van der Waals surface area contributed by atoms with E-state index >= 15 is 0 Å². The number of rotatable bonds is 8. The van der Waals surface area contributed by atoms with Crippen molar-refractivity contribution < 1.29 is 21.6 Å². The molecule has 2 aliphatic rings. The third-order valence-corrected chi connectivity index (χ3v) is 8.01. The van der Waals surface area contributed by atoms with Gasteiger partial charge in [0.2, 0.25) is 10.0 Å². The standard InChI is InChI=1S/C22H32F3N5O2S2/c1-5-14(2)12-18(22(23,24)25)20(19-13-26-21(33-19)29-16-6-7-16)28-15(3)27-17-8-10-30(11-9-17)34(4,31)32/h12-13,16-17H,5-11H2,1-4H3,(H,26,29)(H,27,28)/b14-12-,20-18+. The molecule has 2 N–H and O–H groups in total.